The van der Waals surface area contributed by atoms with E-state index in [1.165, 1.54) is 0 Å². The molecule has 0 saturated carbocycles. The van der Waals surface area contributed by atoms with Gasteiger partial charge in [-0.3, -0.25) is 4.99 Å². The molecule has 2 aromatic rings. The maximum atomic E-state index is 9.03. The Morgan fingerprint density at radius 3 is 2.26 bits per heavy atom. The van der Waals surface area contributed by atoms with Gasteiger partial charge in [-0.1, -0.05) is 36.4 Å². The van der Waals surface area contributed by atoms with Crippen LogP contribution in [0.5, 0.6) is 0 Å². The zero-order valence-corrected chi connectivity index (χ0v) is 10.3. The minimum Gasteiger partial charge on any atom is -0.360 e. The van der Waals surface area contributed by atoms with Crippen molar-refractivity contribution in [3.05, 3.63) is 72.4 Å². The summed E-state index contributed by atoms with van der Waals surface area (Å²) in [7, 11) is 0. The Morgan fingerprint density at radius 2 is 1.63 bits per heavy atom. The van der Waals surface area contributed by atoms with Crippen molar-refractivity contribution in [2.75, 3.05) is 5.32 Å². The third-order valence-electron chi connectivity index (χ3n) is 2.41. The average Bonchev–Trinajstić information content (AvgIpc) is 2.49. The summed E-state index contributed by atoms with van der Waals surface area (Å²) in [6.07, 6.45) is 3.19. The summed E-state index contributed by atoms with van der Waals surface area (Å²) >= 11 is 0. The number of hydrogen-bond acceptors (Lipinski definition) is 3. The normalized spacial score (nSPS) is 11.2. The van der Waals surface area contributed by atoms with Gasteiger partial charge in [-0.15, -0.1) is 0 Å². The molecule has 0 saturated heterocycles. The molecule has 0 amide bonds. The molecule has 0 aliphatic carbocycles. The van der Waals surface area contributed by atoms with Gasteiger partial charge in [-0.2, -0.15) is 5.26 Å². The first-order valence-corrected chi connectivity index (χ1v) is 5.89. The highest BCUT2D eigenvalue weighted by molar-refractivity contribution is 5.86. The third-order valence-corrected chi connectivity index (χ3v) is 2.41. The second kappa shape index (κ2) is 6.77. The van der Waals surface area contributed by atoms with Crippen LogP contribution in [0.1, 0.15) is 0 Å². The standard InChI is InChI=1S/C16H13N3/c17-11-14(12-18-15-7-3-1-4-8-15)13-19-16-9-5-2-6-10-16/h1-10,12-13,18H/b14-12-,19-13?. The van der Waals surface area contributed by atoms with Gasteiger partial charge >= 0.3 is 0 Å². The van der Waals surface area contributed by atoms with Crippen molar-refractivity contribution in [1.29, 1.82) is 5.26 Å². The fraction of sp³-hybridized carbons (Fsp3) is 0. The number of para-hydroxylation sites is 2. The molecule has 0 unspecified atom stereocenters. The summed E-state index contributed by atoms with van der Waals surface area (Å²) in [6, 6.07) is 21.3. The van der Waals surface area contributed by atoms with Crippen LogP contribution in [-0.2, 0) is 0 Å². The van der Waals surface area contributed by atoms with Crippen LogP contribution in [0.15, 0.2) is 77.4 Å². The Morgan fingerprint density at radius 1 is 1.00 bits per heavy atom. The summed E-state index contributed by atoms with van der Waals surface area (Å²) in [6.45, 7) is 0. The fourth-order valence-corrected chi connectivity index (χ4v) is 1.45. The van der Waals surface area contributed by atoms with Crippen LogP contribution < -0.4 is 5.32 Å². The largest absolute Gasteiger partial charge is 0.360 e. The van der Waals surface area contributed by atoms with Gasteiger partial charge in [0.1, 0.15) is 6.07 Å². The van der Waals surface area contributed by atoms with Gasteiger partial charge in [0.25, 0.3) is 0 Å². The van der Waals surface area contributed by atoms with Crippen LogP contribution in [0.3, 0.4) is 0 Å². The number of nitrogens with zero attached hydrogens (tertiary/aromatic N) is 2. The average molecular weight is 247 g/mol. The Balaban J connectivity index is 2.05. The van der Waals surface area contributed by atoms with Crippen molar-refractivity contribution in [2.45, 2.75) is 0 Å². The van der Waals surface area contributed by atoms with E-state index in [1.54, 1.807) is 12.4 Å². The van der Waals surface area contributed by atoms with Crippen molar-refractivity contribution >= 4 is 17.6 Å². The fourth-order valence-electron chi connectivity index (χ4n) is 1.45. The Labute approximate surface area is 112 Å². The van der Waals surface area contributed by atoms with E-state index in [0.29, 0.717) is 5.57 Å². The Hall–Kier alpha value is -2.86. The van der Waals surface area contributed by atoms with Gasteiger partial charge < -0.3 is 5.32 Å². The first-order valence-electron chi connectivity index (χ1n) is 5.89. The molecule has 0 aromatic heterocycles. The summed E-state index contributed by atoms with van der Waals surface area (Å²) in [4.78, 5) is 4.23. The molecule has 92 valence electrons. The van der Waals surface area contributed by atoms with Crippen LogP contribution in [0, 0.1) is 11.3 Å². The van der Waals surface area contributed by atoms with Crippen molar-refractivity contribution in [3.8, 4) is 6.07 Å². The van der Waals surface area contributed by atoms with Gasteiger partial charge in [0, 0.05) is 18.1 Å². The quantitative estimate of drug-likeness (QED) is 0.657. The molecule has 0 heterocycles. The monoisotopic (exact) mass is 247 g/mol. The molecule has 2 aromatic carbocycles. The molecule has 0 radical (unpaired) electrons. The lowest BCUT2D eigenvalue weighted by Crippen LogP contribution is -1.91. The minimum atomic E-state index is 0.465. The van der Waals surface area contributed by atoms with Crippen LogP contribution >= 0.6 is 0 Å². The molecule has 0 aliphatic heterocycles. The molecule has 3 nitrogen and oxygen atoms in total. The summed E-state index contributed by atoms with van der Waals surface area (Å²) in [5, 5.41) is 12.1. The molecule has 19 heavy (non-hydrogen) atoms. The third kappa shape index (κ3) is 4.14. The molecular formula is C16H13N3. The summed E-state index contributed by atoms with van der Waals surface area (Å²) in [5.74, 6) is 0. The van der Waals surface area contributed by atoms with Gasteiger partial charge in [0.2, 0.25) is 0 Å². The van der Waals surface area contributed by atoms with Crippen molar-refractivity contribution < 1.29 is 0 Å². The van der Waals surface area contributed by atoms with E-state index in [-0.39, 0.29) is 0 Å². The van der Waals surface area contributed by atoms with Crippen LogP contribution in [0.2, 0.25) is 0 Å². The first-order chi connectivity index (χ1) is 9.38. The van der Waals surface area contributed by atoms with Gasteiger partial charge in [-0.25, -0.2) is 0 Å². The molecule has 0 bridgehead atoms. The van der Waals surface area contributed by atoms with E-state index >= 15 is 0 Å². The smallest absolute Gasteiger partial charge is 0.102 e. The maximum Gasteiger partial charge on any atom is 0.102 e. The minimum absolute atomic E-state index is 0.465. The molecule has 3 heteroatoms. The lowest BCUT2D eigenvalue weighted by atomic mass is 10.3. The lowest BCUT2D eigenvalue weighted by Gasteiger charge is -1.99. The van der Waals surface area contributed by atoms with Crippen LogP contribution in [0.4, 0.5) is 11.4 Å². The molecule has 0 spiro atoms. The van der Waals surface area contributed by atoms with E-state index in [9.17, 15) is 0 Å². The molecule has 0 aliphatic rings. The molecule has 0 atom stereocenters. The molecule has 2 rings (SSSR count). The lowest BCUT2D eigenvalue weighted by molar-refractivity contribution is 1.48. The highest BCUT2D eigenvalue weighted by atomic mass is 14.8. The van der Waals surface area contributed by atoms with Gasteiger partial charge in [-0.05, 0) is 24.3 Å². The number of anilines is 1. The number of rotatable bonds is 4. The predicted octanol–water partition coefficient (Wildman–Crippen LogP) is 3.91. The molecule has 1 N–H and O–H groups in total. The van der Waals surface area contributed by atoms with E-state index in [2.05, 4.69) is 16.4 Å². The van der Waals surface area contributed by atoms with Crippen molar-refractivity contribution in [1.82, 2.24) is 0 Å². The zero-order chi connectivity index (χ0) is 13.3. The van der Waals surface area contributed by atoms with E-state index in [4.69, 9.17) is 5.26 Å². The SMILES string of the molecule is N#C/C(C=Nc1ccccc1)=C/Nc1ccccc1. The van der Waals surface area contributed by atoms with Crippen LogP contribution in [0.25, 0.3) is 0 Å². The van der Waals surface area contributed by atoms with Crippen LogP contribution in [-0.4, -0.2) is 6.21 Å². The van der Waals surface area contributed by atoms with E-state index in [1.807, 2.05) is 60.7 Å². The zero-order valence-electron chi connectivity index (χ0n) is 10.3. The Bertz CT molecular complexity index is 607. The summed E-state index contributed by atoms with van der Waals surface area (Å²) in [5.41, 5.74) is 2.22. The first kappa shape index (κ1) is 12.6. The number of allylic oxidation sites excluding steroid dienone is 1. The maximum absolute atomic E-state index is 9.03. The highest BCUT2D eigenvalue weighted by Gasteiger charge is 1.91. The number of hydrogen-bond donors (Lipinski definition) is 1. The van der Waals surface area contributed by atoms with Gasteiger partial charge in [0.15, 0.2) is 0 Å². The van der Waals surface area contributed by atoms with E-state index < -0.39 is 0 Å². The number of nitrogens with one attached hydrogen (secondary N) is 1. The predicted molar refractivity (Wildman–Crippen MR) is 78.4 cm³/mol. The second-order valence-corrected chi connectivity index (χ2v) is 3.82. The summed E-state index contributed by atoms with van der Waals surface area (Å²) < 4.78 is 0. The number of benzene rings is 2. The molecule has 0 fully saturated rings. The number of nitriles is 1. The highest BCUT2D eigenvalue weighted by Crippen LogP contribution is 2.10. The number of aliphatic imine (C=N–C) groups is 1. The topological polar surface area (TPSA) is 48.2 Å². The van der Waals surface area contributed by atoms with Crippen molar-refractivity contribution in [3.63, 3.8) is 0 Å². The van der Waals surface area contributed by atoms with Gasteiger partial charge in [0.05, 0.1) is 11.3 Å². The Kier molecular flexibility index (Phi) is 4.49. The second-order valence-electron chi connectivity index (χ2n) is 3.82. The van der Waals surface area contributed by atoms with E-state index in [0.717, 1.165) is 11.4 Å². The van der Waals surface area contributed by atoms with Crippen molar-refractivity contribution in [2.24, 2.45) is 4.99 Å². The molecular weight excluding hydrogens is 234 g/mol.